The molecule has 0 saturated carbocycles. The first-order chi connectivity index (χ1) is 11.1. The lowest BCUT2D eigenvalue weighted by Gasteiger charge is -2.14. The standard InChI is InChI=1S/C16H18F2N2O3/c1-22-14-3-2-11(8-15(14)23-16(17)18)9-20-10-13(21)12-4-6-19-7-5-12/h2-8,13,16,20-21H,9-10H2,1H3. The van der Waals surface area contributed by atoms with E-state index in [4.69, 9.17) is 4.74 Å². The van der Waals surface area contributed by atoms with E-state index >= 15 is 0 Å². The summed E-state index contributed by atoms with van der Waals surface area (Å²) in [6.07, 6.45) is 2.54. The van der Waals surface area contributed by atoms with Crippen LogP contribution >= 0.6 is 0 Å². The summed E-state index contributed by atoms with van der Waals surface area (Å²) in [6.45, 7) is -2.20. The summed E-state index contributed by atoms with van der Waals surface area (Å²) in [7, 11) is 1.39. The third kappa shape index (κ3) is 5.15. The Balaban J connectivity index is 1.92. The highest BCUT2D eigenvalue weighted by Crippen LogP contribution is 2.29. The molecule has 0 fully saturated rings. The number of rotatable bonds is 8. The zero-order valence-corrected chi connectivity index (χ0v) is 12.6. The fourth-order valence-corrected chi connectivity index (χ4v) is 2.08. The number of benzene rings is 1. The van der Waals surface area contributed by atoms with Crippen molar-refractivity contribution in [1.82, 2.24) is 10.3 Å². The van der Waals surface area contributed by atoms with Crippen LogP contribution in [0.1, 0.15) is 17.2 Å². The van der Waals surface area contributed by atoms with Crippen molar-refractivity contribution in [3.05, 3.63) is 53.9 Å². The molecule has 0 aliphatic rings. The van der Waals surface area contributed by atoms with Crippen LogP contribution in [-0.4, -0.2) is 30.4 Å². The van der Waals surface area contributed by atoms with Crippen molar-refractivity contribution in [3.63, 3.8) is 0 Å². The van der Waals surface area contributed by atoms with Crippen molar-refractivity contribution in [2.75, 3.05) is 13.7 Å². The number of alkyl halides is 2. The van der Waals surface area contributed by atoms with Gasteiger partial charge in [-0.15, -0.1) is 0 Å². The molecule has 1 aromatic heterocycles. The lowest BCUT2D eigenvalue weighted by Crippen LogP contribution is -2.21. The molecule has 1 unspecified atom stereocenters. The molecule has 0 aliphatic carbocycles. The first-order valence-corrected chi connectivity index (χ1v) is 7.00. The lowest BCUT2D eigenvalue weighted by atomic mass is 10.1. The molecule has 1 atom stereocenters. The summed E-state index contributed by atoms with van der Waals surface area (Å²) in [4.78, 5) is 3.89. The van der Waals surface area contributed by atoms with E-state index in [1.54, 1.807) is 36.7 Å². The van der Waals surface area contributed by atoms with Crippen LogP contribution in [0.4, 0.5) is 8.78 Å². The molecule has 7 heteroatoms. The van der Waals surface area contributed by atoms with Gasteiger partial charge in [0.1, 0.15) is 0 Å². The number of pyridine rings is 1. The second kappa shape index (κ2) is 8.40. The summed E-state index contributed by atoms with van der Waals surface area (Å²) in [5.41, 5.74) is 1.49. The molecular formula is C16H18F2N2O3. The molecule has 1 heterocycles. The lowest BCUT2D eigenvalue weighted by molar-refractivity contribution is -0.0512. The van der Waals surface area contributed by atoms with Crippen LogP contribution in [-0.2, 0) is 6.54 Å². The number of nitrogens with one attached hydrogen (secondary N) is 1. The highest BCUT2D eigenvalue weighted by molar-refractivity contribution is 5.43. The van der Waals surface area contributed by atoms with Gasteiger partial charge in [0.15, 0.2) is 11.5 Å². The van der Waals surface area contributed by atoms with Gasteiger partial charge in [0.25, 0.3) is 0 Å². The Labute approximate surface area is 132 Å². The van der Waals surface area contributed by atoms with Gasteiger partial charge in [-0.1, -0.05) is 6.07 Å². The molecule has 0 spiro atoms. The number of hydrogen-bond donors (Lipinski definition) is 2. The summed E-state index contributed by atoms with van der Waals surface area (Å²) in [5.74, 6) is 0.224. The third-order valence-electron chi connectivity index (χ3n) is 3.20. The van der Waals surface area contributed by atoms with Crippen molar-refractivity contribution in [3.8, 4) is 11.5 Å². The van der Waals surface area contributed by atoms with E-state index in [0.29, 0.717) is 13.1 Å². The Hall–Kier alpha value is -2.25. The minimum Gasteiger partial charge on any atom is -0.493 e. The molecule has 0 radical (unpaired) electrons. The van der Waals surface area contributed by atoms with Gasteiger partial charge in [-0.3, -0.25) is 4.98 Å². The number of ether oxygens (including phenoxy) is 2. The van der Waals surface area contributed by atoms with E-state index in [-0.39, 0.29) is 11.5 Å². The maximum absolute atomic E-state index is 12.4. The predicted octanol–water partition coefficient (Wildman–Crippen LogP) is 2.51. The van der Waals surface area contributed by atoms with Crippen LogP contribution in [0.25, 0.3) is 0 Å². The number of aromatic nitrogens is 1. The van der Waals surface area contributed by atoms with Crippen molar-refractivity contribution < 1.29 is 23.4 Å². The Morgan fingerprint density at radius 3 is 2.57 bits per heavy atom. The Morgan fingerprint density at radius 2 is 1.91 bits per heavy atom. The maximum atomic E-state index is 12.4. The van der Waals surface area contributed by atoms with Gasteiger partial charge >= 0.3 is 6.61 Å². The highest BCUT2D eigenvalue weighted by atomic mass is 19.3. The van der Waals surface area contributed by atoms with Gasteiger partial charge in [0, 0.05) is 25.5 Å². The first kappa shape index (κ1) is 17.1. The van der Waals surface area contributed by atoms with Crippen LogP contribution in [0.5, 0.6) is 11.5 Å². The molecule has 1 aromatic carbocycles. The molecule has 2 N–H and O–H groups in total. The van der Waals surface area contributed by atoms with Crippen molar-refractivity contribution in [2.24, 2.45) is 0 Å². The first-order valence-electron chi connectivity index (χ1n) is 7.00. The van der Waals surface area contributed by atoms with Gasteiger partial charge in [0.05, 0.1) is 13.2 Å². The molecule has 23 heavy (non-hydrogen) atoms. The summed E-state index contributed by atoms with van der Waals surface area (Å²) in [5, 5.41) is 13.1. The third-order valence-corrected chi connectivity index (χ3v) is 3.20. The van der Waals surface area contributed by atoms with Gasteiger partial charge < -0.3 is 19.9 Å². The van der Waals surface area contributed by atoms with Gasteiger partial charge in [-0.2, -0.15) is 8.78 Å². The van der Waals surface area contributed by atoms with Gasteiger partial charge in [-0.05, 0) is 35.4 Å². The molecule has 124 valence electrons. The second-order valence-electron chi connectivity index (χ2n) is 4.79. The number of methoxy groups -OCH3 is 1. The van der Waals surface area contributed by atoms with E-state index in [0.717, 1.165) is 11.1 Å². The number of hydrogen-bond acceptors (Lipinski definition) is 5. The fourth-order valence-electron chi connectivity index (χ4n) is 2.08. The zero-order valence-electron chi connectivity index (χ0n) is 12.6. The van der Waals surface area contributed by atoms with Crippen LogP contribution in [0.3, 0.4) is 0 Å². The van der Waals surface area contributed by atoms with Crippen LogP contribution in [0, 0.1) is 0 Å². The van der Waals surface area contributed by atoms with E-state index in [9.17, 15) is 13.9 Å². The van der Waals surface area contributed by atoms with Gasteiger partial charge in [-0.25, -0.2) is 0 Å². The summed E-state index contributed by atoms with van der Waals surface area (Å²) >= 11 is 0. The molecule has 2 rings (SSSR count). The second-order valence-corrected chi connectivity index (χ2v) is 4.79. The molecule has 2 aromatic rings. The summed E-state index contributed by atoms with van der Waals surface area (Å²) in [6, 6.07) is 8.25. The van der Waals surface area contributed by atoms with Crippen LogP contribution in [0.2, 0.25) is 0 Å². The normalized spacial score (nSPS) is 12.2. The van der Waals surface area contributed by atoms with E-state index in [1.165, 1.54) is 13.2 Å². The Bertz CT molecular complexity index is 612. The van der Waals surface area contributed by atoms with Gasteiger partial charge in [0.2, 0.25) is 0 Å². The number of aliphatic hydroxyl groups excluding tert-OH is 1. The maximum Gasteiger partial charge on any atom is 0.387 e. The van der Waals surface area contributed by atoms with Crippen LogP contribution in [0.15, 0.2) is 42.7 Å². The molecule has 0 amide bonds. The molecule has 5 nitrogen and oxygen atoms in total. The minimum absolute atomic E-state index is 0.0171. The van der Waals surface area contributed by atoms with Crippen molar-refractivity contribution in [1.29, 1.82) is 0 Å². The predicted molar refractivity (Wildman–Crippen MR) is 80.5 cm³/mol. The largest absolute Gasteiger partial charge is 0.493 e. The highest BCUT2D eigenvalue weighted by Gasteiger charge is 2.12. The number of aliphatic hydroxyl groups is 1. The van der Waals surface area contributed by atoms with Crippen molar-refractivity contribution >= 4 is 0 Å². The Morgan fingerprint density at radius 1 is 1.17 bits per heavy atom. The van der Waals surface area contributed by atoms with Crippen LogP contribution < -0.4 is 14.8 Å². The molecular weight excluding hydrogens is 306 g/mol. The van der Waals surface area contributed by atoms with Crippen molar-refractivity contribution in [2.45, 2.75) is 19.3 Å². The van der Waals surface area contributed by atoms with E-state index in [1.807, 2.05) is 0 Å². The Kier molecular flexibility index (Phi) is 6.25. The average Bonchev–Trinajstić information content (AvgIpc) is 2.55. The number of halogens is 2. The molecule has 0 bridgehead atoms. The fraction of sp³-hybridized carbons (Fsp3) is 0.312. The smallest absolute Gasteiger partial charge is 0.387 e. The molecule has 0 saturated heterocycles. The van der Waals surface area contributed by atoms with E-state index in [2.05, 4.69) is 15.0 Å². The number of nitrogens with zero attached hydrogens (tertiary/aromatic N) is 1. The minimum atomic E-state index is -2.92. The average molecular weight is 324 g/mol. The molecule has 0 aliphatic heterocycles. The van der Waals surface area contributed by atoms with E-state index < -0.39 is 12.7 Å². The topological polar surface area (TPSA) is 63.6 Å². The SMILES string of the molecule is COc1ccc(CNCC(O)c2ccncc2)cc1OC(F)F. The quantitative estimate of drug-likeness (QED) is 0.781. The zero-order chi connectivity index (χ0) is 16.7. The monoisotopic (exact) mass is 324 g/mol. The summed E-state index contributed by atoms with van der Waals surface area (Å²) < 4.78 is 34.2.